The van der Waals surface area contributed by atoms with Gasteiger partial charge in [0.2, 0.25) is 15.9 Å². The molecule has 6 nitrogen and oxygen atoms in total. The van der Waals surface area contributed by atoms with E-state index >= 15 is 0 Å². The predicted molar refractivity (Wildman–Crippen MR) is 112 cm³/mol. The van der Waals surface area contributed by atoms with E-state index in [1.165, 1.54) is 34.6 Å². The molecule has 0 spiro atoms. The molecular weight excluding hydrogens is 478 g/mol. The lowest BCUT2D eigenvalue weighted by atomic mass is 10.2. The molecule has 31 heavy (non-hydrogen) atoms. The third kappa shape index (κ3) is 5.89. The highest BCUT2D eigenvalue weighted by Gasteiger charge is 2.33. The third-order valence-corrected chi connectivity index (χ3v) is 7.20. The van der Waals surface area contributed by atoms with E-state index < -0.39 is 32.7 Å². The number of nitrogens with zero attached hydrogens (tertiary/aromatic N) is 2. The number of benzene rings is 2. The van der Waals surface area contributed by atoms with Crippen molar-refractivity contribution in [2.45, 2.75) is 11.1 Å². The van der Waals surface area contributed by atoms with Crippen LogP contribution in [0.15, 0.2) is 47.4 Å². The number of nitrogens with one attached hydrogen (secondary N) is 1. The van der Waals surface area contributed by atoms with Gasteiger partial charge >= 0.3 is 6.18 Å². The third-order valence-electron chi connectivity index (χ3n) is 4.71. The zero-order valence-corrected chi connectivity index (χ0v) is 18.3. The average molecular weight is 496 g/mol. The van der Waals surface area contributed by atoms with Crippen molar-refractivity contribution in [3.05, 3.63) is 58.1 Å². The highest BCUT2D eigenvalue weighted by molar-refractivity contribution is 7.89. The van der Waals surface area contributed by atoms with Gasteiger partial charge in [0.05, 0.1) is 22.0 Å². The minimum atomic E-state index is -4.64. The smallest absolute Gasteiger partial charge is 0.325 e. The lowest BCUT2D eigenvalue weighted by Gasteiger charge is -2.33. The van der Waals surface area contributed by atoms with E-state index in [1.54, 1.807) is 4.90 Å². The predicted octanol–water partition coefficient (Wildman–Crippen LogP) is 3.96. The highest BCUT2D eigenvalue weighted by Crippen LogP contribution is 2.36. The van der Waals surface area contributed by atoms with E-state index in [0.29, 0.717) is 18.1 Å². The van der Waals surface area contributed by atoms with Crippen molar-refractivity contribution in [2.75, 3.05) is 38.0 Å². The summed E-state index contributed by atoms with van der Waals surface area (Å²) < 4.78 is 65.5. The van der Waals surface area contributed by atoms with Gasteiger partial charge in [-0.25, -0.2) is 8.42 Å². The Bertz CT molecular complexity index is 1060. The summed E-state index contributed by atoms with van der Waals surface area (Å²) in [6.45, 7) is 0.872. The van der Waals surface area contributed by atoms with E-state index in [9.17, 15) is 26.4 Å². The number of amides is 1. The lowest BCUT2D eigenvalue weighted by Crippen LogP contribution is -2.50. The standard InChI is InChI=1S/C19H18Cl2F3N3O3S/c20-13-1-4-15(5-2-13)31(29,30)27-9-7-26(8-10-27)12-18(28)25-14-3-6-17(21)16(11-14)19(22,23)24/h1-6,11H,7-10,12H2,(H,25,28). The molecule has 1 N–H and O–H groups in total. The van der Waals surface area contributed by atoms with Gasteiger partial charge in [-0.3, -0.25) is 9.69 Å². The second-order valence-electron chi connectivity index (χ2n) is 6.87. The maximum atomic E-state index is 12.9. The Kier molecular flexibility index (Phi) is 7.17. The monoisotopic (exact) mass is 495 g/mol. The minimum absolute atomic E-state index is 0.0225. The fraction of sp³-hybridized carbons (Fsp3) is 0.316. The second-order valence-corrected chi connectivity index (χ2v) is 9.66. The van der Waals surface area contributed by atoms with Gasteiger partial charge in [0.15, 0.2) is 0 Å². The summed E-state index contributed by atoms with van der Waals surface area (Å²) in [5.74, 6) is -0.510. The van der Waals surface area contributed by atoms with Gasteiger partial charge in [-0.1, -0.05) is 23.2 Å². The Labute approximate surface area is 187 Å². The first-order valence-electron chi connectivity index (χ1n) is 9.11. The first kappa shape index (κ1) is 23.8. The number of piperazine rings is 1. The van der Waals surface area contributed by atoms with E-state index in [-0.39, 0.29) is 30.2 Å². The van der Waals surface area contributed by atoms with Gasteiger partial charge in [-0.15, -0.1) is 0 Å². The first-order valence-corrected chi connectivity index (χ1v) is 11.3. The normalized spacial score (nSPS) is 16.3. The van der Waals surface area contributed by atoms with Crippen molar-refractivity contribution in [1.82, 2.24) is 9.21 Å². The summed E-state index contributed by atoms with van der Waals surface area (Å²) in [5, 5.41) is 2.39. The van der Waals surface area contributed by atoms with Crippen LogP contribution in [-0.4, -0.2) is 56.3 Å². The molecule has 1 aliphatic heterocycles. The summed E-state index contributed by atoms with van der Waals surface area (Å²) in [7, 11) is -3.67. The number of carbonyl (C=O) groups excluding carboxylic acids is 1. The Hall–Kier alpha value is -1.85. The average Bonchev–Trinajstić information content (AvgIpc) is 2.69. The first-order chi connectivity index (χ1) is 14.5. The zero-order valence-electron chi connectivity index (χ0n) is 16.0. The van der Waals surface area contributed by atoms with Crippen LogP contribution in [0, 0.1) is 0 Å². The molecule has 1 fully saturated rings. The summed E-state index contributed by atoms with van der Waals surface area (Å²) in [5.41, 5.74) is -1.06. The van der Waals surface area contributed by atoms with E-state index in [2.05, 4.69) is 5.32 Å². The number of hydrogen-bond donors (Lipinski definition) is 1. The second kappa shape index (κ2) is 9.33. The van der Waals surface area contributed by atoms with Crippen LogP contribution in [0.4, 0.5) is 18.9 Å². The van der Waals surface area contributed by atoms with Crippen LogP contribution in [0.5, 0.6) is 0 Å². The van der Waals surface area contributed by atoms with Gasteiger partial charge in [0, 0.05) is 36.9 Å². The number of rotatable bonds is 5. The van der Waals surface area contributed by atoms with Crippen LogP contribution in [0.2, 0.25) is 10.0 Å². The van der Waals surface area contributed by atoms with Crippen LogP contribution in [0.3, 0.4) is 0 Å². The van der Waals surface area contributed by atoms with Crippen LogP contribution in [-0.2, 0) is 21.0 Å². The Balaban J connectivity index is 1.56. The van der Waals surface area contributed by atoms with Crippen molar-refractivity contribution in [2.24, 2.45) is 0 Å². The molecule has 0 atom stereocenters. The summed E-state index contributed by atoms with van der Waals surface area (Å²) >= 11 is 11.4. The van der Waals surface area contributed by atoms with Crippen LogP contribution >= 0.6 is 23.2 Å². The summed E-state index contributed by atoms with van der Waals surface area (Å²) in [6.07, 6.45) is -4.64. The lowest BCUT2D eigenvalue weighted by molar-refractivity contribution is -0.137. The maximum absolute atomic E-state index is 12.9. The number of sulfonamides is 1. The van der Waals surface area contributed by atoms with Crippen LogP contribution in [0.1, 0.15) is 5.56 Å². The molecule has 0 aliphatic carbocycles. The van der Waals surface area contributed by atoms with Gasteiger partial charge in [-0.05, 0) is 42.5 Å². The van der Waals surface area contributed by atoms with Crippen molar-refractivity contribution in [3.63, 3.8) is 0 Å². The van der Waals surface area contributed by atoms with E-state index in [0.717, 1.165) is 12.1 Å². The fourth-order valence-electron chi connectivity index (χ4n) is 3.11. The maximum Gasteiger partial charge on any atom is 0.417 e. The quantitative estimate of drug-likeness (QED) is 0.681. The molecule has 1 saturated heterocycles. The molecule has 0 bridgehead atoms. The topological polar surface area (TPSA) is 69.7 Å². The number of hydrogen-bond acceptors (Lipinski definition) is 4. The molecule has 0 aromatic heterocycles. The Morgan fingerprint density at radius 2 is 1.61 bits per heavy atom. The zero-order chi connectivity index (χ0) is 22.8. The van der Waals surface area contributed by atoms with Crippen molar-refractivity contribution in [3.8, 4) is 0 Å². The molecule has 168 valence electrons. The molecule has 0 saturated carbocycles. The van der Waals surface area contributed by atoms with Gasteiger partial charge < -0.3 is 5.32 Å². The van der Waals surface area contributed by atoms with Gasteiger partial charge in [-0.2, -0.15) is 17.5 Å². The molecule has 2 aromatic carbocycles. The molecular formula is C19H18Cl2F3N3O3S. The minimum Gasteiger partial charge on any atom is -0.325 e. The van der Waals surface area contributed by atoms with Gasteiger partial charge in [0.1, 0.15) is 0 Å². The summed E-state index contributed by atoms with van der Waals surface area (Å²) in [6, 6.07) is 8.98. The number of anilines is 1. The highest BCUT2D eigenvalue weighted by atomic mass is 35.5. The molecule has 0 radical (unpaired) electrons. The molecule has 1 heterocycles. The Morgan fingerprint density at radius 3 is 2.19 bits per heavy atom. The fourth-order valence-corrected chi connectivity index (χ4v) is 4.88. The van der Waals surface area contributed by atoms with Crippen molar-refractivity contribution in [1.29, 1.82) is 0 Å². The molecule has 12 heteroatoms. The summed E-state index contributed by atoms with van der Waals surface area (Å²) in [4.78, 5) is 14.1. The SMILES string of the molecule is O=C(CN1CCN(S(=O)(=O)c2ccc(Cl)cc2)CC1)Nc1ccc(Cl)c(C(F)(F)F)c1. The van der Waals surface area contributed by atoms with Crippen LogP contribution in [0.25, 0.3) is 0 Å². The van der Waals surface area contributed by atoms with E-state index in [1.807, 2.05) is 0 Å². The number of carbonyl (C=O) groups is 1. The molecule has 0 unspecified atom stereocenters. The van der Waals surface area contributed by atoms with Crippen molar-refractivity contribution >= 4 is 44.8 Å². The number of alkyl halides is 3. The Morgan fingerprint density at radius 1 is 1.00 bits per heavy atom. The molecule has 3 rings (SSSR count). The molecule has 1 aliphatic rings. The van der Waals surface area contributed by atoms with Crippen LogP contribution < -0.4 is 5.32 Å². The van der Waals surface area contributed by atoms with Gasteiger partial charge in [0.25, 0.3) is 0 Å². The largest absolute Gasteiger partial charge is 0.417 e. The molecule has 1 amide bonds. The van der Waals surface area contributed by atoms with Crippen molar-refractivity contribution < 1.29 is 26.4 Å². The molecule has 2 aromatic rings. The van der Waals surface area contributed by atoms with E-state index in [4.69, 9.17) is 23.2 Å². The number of halogens is 5.